The summed E-state index contributed by atoms with van der Waals surface area (Å²) in [4.78, 5) is 0.233. The molecule has 37 heavy (non-hydrogen) atoms. The Kier molecular flexibility index (Phi) is 42.4. The average molecular weight is 722 g/mol. The fraction of sp³-hybridized carbons (Fsp3) is 0.586. The van der Waals surface area contributed by atoms with E-state index >= 15 is 0 Å². The fourth-order valence-corrected chi connectivity index (χ4v) is 5.83. The number of aliphatic hydroxyl groups is 2. The van der Waals surface area contributed by atoms with Crippen LogP contribution in [0.15, 0.2) is 29.2 Å². The van der Waals surface area contributed by atoms with Crippen molar-refractivity contribution in [1.29, 1.82) is 0 Å². The number of sulfonamides is 1. The second-order valence-electron chi connectivity index (χ2n) is 8.31. The van der Waals surface area contributed by atoms with Crippen LogP contribution in [-0.2, 0) is 55.4 Å². The Bertz CT molecular complexity index is 686. The molecule has 2 N–H and O–H groups in total. The van der Waals surface area contributed by atoms with Gasteiger partial charge in [-0.15, -0.1) is 0 Å². The van der Waals surface area contributed by atoms with Gasteiger partial charge in [-0.1, -0.05) is 76.8 Å². The maximum Gasteiger partial charge on any atom is 3.00 e. The van der Waals surface area contributed by atoms with Crippen LogP contribution in [0.2, 0.25) is 0 Å². The molecule has 1 saturated heterocycles. The summed E-state index contributed by atoms with van der Waals surface area (Å²) in [5.41, 5.74) is 1.16. The smallest absolute Gasteiger partial charge is 0.367 e. The van der Waals surface area contributed by atoms with Gasteiger partial charge in [-0.3, -0.25) is 0 Å². The second-order valence-corrected chi connectivity index (χ2v) is 10.2. The minimum Gasteiger partial charge on any atom is -0.367 e. The first-order valence-corrected chi connectivity index (χ1v) is 12.9. The third-order valence-electron chi connectivity index (χ3n) is 5.94. The number of hydrogen-bond donors (Lipinski definition) is 2. The number of benzene rings is 1. The summed E-state index contributed by atoms with van der Waals surface area (Å²) in [5, 5.41) is 18.9. The van der Waals surface area contributed by atoms with E-state index in [2.05, 4.69) is 6.92 Å². The Hall–Kier alpha value is 0.297. The standard InChI is InChI=1S/C23H39NO4S.6CH3.2Rh/c1-2-3-4-5-6-7-8-9-10-11-13-20-15-17-21(18-16-20)29(27,28)24-19-12-14-22(24)23(25)26;;;;;;;;/h15-18,22-23,25-26H,2-14,19H2,1H3;6*1H3;;/q;6*-1;2*+3/t22-;;;;;;;;/m0......../s1. The normalized spacial score (nSPS) is 14.1. The fourth-order valence-electron chi connectivity index (χ4n) is 4.14. The van der Waals surface area contributed by atoms with Gasteiger partial charge in [0, 0.05) is 6.54 Å². The summed E-state index contributed by atoms with van der Waals surface area (Å²) in [6.45, 7) is 2.59. The summed E-state index contributed by atoms with van der Waals surface area (Å²) >= 11 is 0. The molecule has 0 radical (unpaired) electrons. The predicted molar refractivity (Wildman–Crippen MR) is 156 cm³/mol. The minimum atomic E-state index is -3.68. The topological polar surface area (TPSA) is 77.8 Å². The first kappa shape index (κ1) is 53.5. The third kappa shape index (κ3) is 18.3. The molecule has 0 aliphatic carbocycles. The van der Waals surface area contributed by atoms with E-state index < -0.39 is 22.4 Å². The van der Waals surface area contributed by atoms with Gasteiger partial charge >= 0.3 is 39.0 Å². The molecular formula is C29H57NO4Rh2S. The Morgan fingerprint density at radius 3 is 1.65 bits per heavy atom. The number of aliphatic hydroxyl groups excluding tert-OH is 1. The SMILES string of the molecule is CCCCCCCCCCCCc1ccc(S(=O)(=O)N2CCC[C@H]2C(O)O)cc1.[CH3-].[CH3-].[CH3-].[CH3-].[CH3-].[CH3-].[Rh+3].[Rh+3]. The molecule has 0 spiro atoms. The summed E-state index contributed by atoms with van der Waals surface area (Å²) in [6.07, 6.45) is 13.5. The van der Waals surface area contributed by atoms with Gasteiger partial charge in [0.2, 0.25) is 10.0 Å². The molecular weight excluding hydrogens is 664 g/mol. The maximum absolute atomic E-state index is 12.8. The maximum atomic E-state index is 12.8. The zero-order valence-corrected chi connectivity index (χ0v) is 28.7. The van der Waals surface area contributed by atoms with Crippen molar-refractivity contribution in [3.63, 3.8) is 0 Å². The van der Waals surface area contributed by atoms with Crippen LogP contribution < -0.4 is 0 Å². The summed E-state index contributed by atoms with van der Waals surface area (Å²) in [7, 11) is -3.68. The molecule has 1 aromatic carbocycles. The van der Waals surface area contributed by atoms with Crippen LogP contribution in [0, 0.1) is 44.6 Å². The number of nitrogens with zero attached hydrogens (tertiary/aromatic N) is 1. The van der Waals surface area contributed by atoms with Crippen LogP contribution in [-0.4, -0.2) is 41.8 Å². The Morgan fingerprint density at radius 1 is 0.784 bits per heavy atom. The van der Waals surface area contributed by atoms with Gasteiger partial charge in [0.1, 0.15) is 0 Å². The number of hydrogen-bond acceptors (Lipinski definition) is 4. The van der Waals surface area contributed by atoms with E-state index in [1.807, 2.05) is 12.1 Å². The number of rotatable bonds is 14. The number of unbranched alkanes of at least 4 members (excludes halogenated alkanes) is 9. The molecule has 1 aromatic rings. The largest absolute Gasteiger partial charge is 3.00 e. The van der Waals surface area contributed by atoms with Crippen molar-refractivity contribution in [1.82, 2.24) is 4.31 Å². The minimum absolute atomic E-state index is 0. The van der Waals surface area contributed by atoms with E-state index in [1.165, 1.54) is 62.1 Å². The van der Waals surface area contributed by atoms with Crippen molar-refractivity contribution in [2.24, 2.45) is 0 Å². The predicted octanol–water partition coefficient (Wildman–Crippen LogP) is 7.31. The van der Waals surface area contributed by atoms with Gasteiger partial charge in [0.05, 0.1) is 10.9 Å². The van der Waals surface area contributed by atoms with E-state index in [0.717, 1.165) is 18.4 Å². The molecule has 226 valence electrons. The summed E-state index contributed by atoms with van der Waals surface area (Å²) in [5.74, 6) is 0. The van der Waals surface area contributed by atoms with Crippen molar-refractivity contribution in [3.05, 3.63) is 74.4 Å². The average Bonchev–Trinajstić information content (AvgIpc) is 3.21. The van der Waals surface area contributed by atoms with Gasteiger partial charge < -0.3 is 54.8 Å². The molecule has 8 heteroatoms. The molecule has 0 aromatic heterocycles. The van der Waals surface area contributed by atoms with Gasteiger partial charge in [0.25, 0.3) is 0 Å². The summed E-state index contributed by atoms with van der Waals surface area (Å²) in [6, 6.07) is 6.34. The van der Waals surface area contributed by atoms with E-state index in [0.29, 0.717) is 19.4 Å². The molecule has 1 aliphatic heterocycles. The van der Waals surface area contributed by atoms with Crippen molar-refractivity contribution in [3.8, 4) is 0 Å². The van der Waals surface area contributed by atoms with E-state index in [9.17, 15) is 18.6 Å². The number of aryl methyl sites for hydroxylation is 1. The van der Waals surface area contributed by atoms with Crippen LogP contribution in [0.1, 0.15) is 89.5 Å². The Morgan fingerprint density at radius 2 is 1.22 bits per heavy atom. The molecule has 1 heterocycles. The second kappa shape index (κ2) is 29.3. The molecule has 0 saturated carbocycles. The van der Waals surface area contributed by atoms with Gasteiger partial charge in [-0.05, 0) is 43.4 Å². The quantitative estimate of drug-likeness (QED) is 0.0915. The van der Waals surface area contributed by atoms with Gasteiger partial charge in [0.15, 0.2) is 6.29 Å². The monoisotopic (exact) mass is 721 g/mol. The summed E-state index contributed by atoms with van der Waals surface area (Å²) < 4.78 is 26.8. The van der Waals surface area contributed by atoms with Crippen molar-refractivity contribution >= 4 is 10.0 Å². The van der Waals surface area contributed by atoms with Crippen molar-refractivity contribution < 1.29 is 57.6 Å². The zero-order valence-electron chi connectivity index (χ0n) is 24.6. The van der Waals surface area contributed by atoms with Gasteiger partial charge in [-0.25, -0.2) is 8.42 Å². The van der Waals surface area contributed by atoms with E-state index in [-0.39, 0.29) is 88.4 Å². The Labute approximate surface area is 259 Å². The van der Waals surface area contributed by atoms with Crippen LogP contribution in [0.3, 0.4) is 0 Å². The first-order valence-electron chi connectivity index (χ1n) is 11.4. The van der Waals surface area contributed by atoms with Crippen molar-refractivity contribution in [2.45, 2.75) is 108 Å². The molecule has 1 aliphatic rings. The van der Waals surface area contributed by atoms with Crippen LogP contribution in [0.4, 0.5) is 0 Å². The zero-order chi connectivity index (χ0) is 21.1. The molecule has 2 rings (SSSR count). The first-order chi connectivity index (χ1) is 14.0. The van der Waals surface area contributed by atoms with E-state index in [4.69, 9.17) is 0 Å². The van der Waals surface area contributed by atoms with Crippen molar-refractivity contribution in [2.75, 3.05) is 6.54 Å². The van der Waals surface area contributed by atoms with Crippen LogP contribution >= 0.6 is 0 Å². The molecule has 0 bridgehead atoms. The van der Waals surface area contributed by atoms with Crippen LogP contribution in [0.5, 0.6) is 0 Å². The van der Waals surface area contributed by atoms with Gasteiger partial charge in [-0.2, -0.15) is 4.31 Å². The third-order valence-corrected chi connectivity index (χ3v) is 7.88. The molecule has 0 unspecified atom stereocenters. The molecule has 0 amide bonds. The molecule has 1 atom stereocenters. The molecule has 1 fully saturated rings. The molecule has 5 nitrogen and oxygen atoms in total. The van der Waals surface area contributed by atoms with Crippen LogP contribution in [0.25, 0.3) is 0 Å². The van der Waals surface area contributed by atoms with E-state index in [1.54, 1.807) is 12.1 Å². The Balaban J connectivity index is -0.000000225.